The number of fused-ring (bicyclic) bond motifs is 2. The Morgan fingerprint density at radius 3 is 2.67 bits per heavy atom. The van der Waals surface area contributed by atoms with Crippen molar-refractivity contribution >= 4 is 27.9 Å². The third kappa shape index (κ3) is 2.84. The van der Waals surface area contributed by atoms with Gasteiger partial charge in [0.2, 0.25) is 0 Å². The number of aliphatic hydroxyl groups excluding tert-OH is 2. The molecule has 9 atom stereocenters. The number of halogens is 1. The van der Waals surface area contributed by atoms with E-state index in [4.69, 9.17) is 16.3 Å². The van der Waals surface area contributed by atoms with Gasteiger partial charge in [-0.3, -0.25) is 4.98 Å². The summed E-state index contributed by atoms with van der Waals surface area (Å²) in [7, 11) is 3.97. The Kier molecular flexibility index (Phi) is 4.94. The lowest BCUT2D eigenvalue weighted by Crippen LogP contribution is -2.72. The van der Waals surface area contributed by atoms with Crippen LogP contribution in [0.4, 0.5) is 0 Å². The summed E-state index contributed by atoms with van der Waals surface area (Å²) in [6, 6.07) is 8.70. The maximum Gasteiger partial charge on any atom is 0.0958 e. The summed E-state index contributed by atoms with van der Waals surface area (Å²) >= 11 is 7.63. The monoisotopic (exact) mass is 508 g/mol. The molecule has 4 fully saturated rings. The van der Waals surface area contributed by atoms with Gasteiger partial charge in [0.15, 0.2) is 0 Å². The maximum absolute atomic E-state index is 11.3. The van der Waals surface area contributed by atoms with Gasteiger partial charge in [0, 0.05) is 35.7 Å². The van der Waals surface area contributed by atoms with Gasteiger partial charge >= 0.3 is 0 Å². The average molecular weight is 509 g/mol. The number of benzene rings is 1. The van der Waals surface area contributed by atoms with Gasteiger partial charge in [0.1, 0.15) is 0 Å². The summed E-state index contributed by atoms with van der Waals surface area (Å²) in [5, 5.41) is 24.6. The molecule has 2 N–H and O–H groups in total. The summed E-state index contributed by atoms with van der Waals surface area (Å²) < 4.78 is 7.34. The first-order chi connectivity index (χ1) is 17.1. The molecule has 192 valence electrons. The second-order valence-corrected chi connectivity index (χ2v) is 13.5. The lowest BCUT2D eigenvalue weighted by molar-refractivity contribution is -0.276. The van der Waals surface area contributed by atoms with Gasteiger partial charge in [-0.25, -0.2) is 0 Å². The normalized spacial score (nSPS) is 47.4. The Balaban J connectivity index is 1.27. The van der Waals surface area contributed by atoms with Crippen molar-refractivity contribution in [2.24, 2.45) is 17.3 Å². The van der Waals surface area contributed by atoms with Crippen LogP contribution in [0.3, 0.4) is 0 Å². The fourth-order valence-electron chi connectivity index (χ4n) is 9.26. The van der Waals surface area contributed by atoms with Gasteiger partial charge in [0.05, 0.1) is 28.3 Å². The number of alkyl halides is 1. The number of likely N-dealkylation sites (N-methyl/N-ethyl adjacent to an activating group) is 1. The van der Waals surface area contributed by atoms with Crippen LogP contribution in [0.1, 0.15) is 57.4 Å². The fourth-order valence-corrected chi connectivity index (χ4v) is 9.79. The van der Waals surface area contributed by atoms with Gasteiger partial charge in [-0.1, -0.05) is 25.1 Å². The van der Waals surface area contributed by atoms with E-state index in [1.807, 2.05) is 31.4 Å². The van der Waals surface area contributed by atoms with Crippen molar-refractivity contribution in [1.29, 1.82) is 0 Å². The summed E-state index contributed by atoms with van der Waals surface area (Å²) in [5.41, 5.74) is 1.86. The topological polar surface area (TPSA) is 65.8 Å². The molecule has 36 heavy (non-hydrogen) atoms. The molecule has 2 saturated heterocycles. The van der Waals surface area contributed by atoms with E-state index in [2.05, 4.69) is 42.2 Å². The van der Waals surface area contributed by atoms with Crippen LogP contribution in [-0.4, -0.2) is 68.5 Å². The second-order valence-electron chi connectivity index (χ2n) is 12.8. The van der Waals surface area contributed by atoms with E-state index >= 15 is 0 Å². The van der Waals surface area contributed by atoms with E-state index in [0.717, 1.165) is 44.9 Å². The fraction of sp³-hybridized carbons (Fsp3) is 0.633. The third-order valence-electron chi connectivity index (χ3n) is 11.2. The molecule has 2 bridgehead atoms. The van der Waals surface area contributed by atoms with Crippen molar-refractivity contribution in [2.75, 3.05) is 14.1 Å². The number of allylic oxidation sites excluding steroid dienone is 2. The van der Waals surface area contributed by atoms with Crippen LogP contribution in [0.2, 0.25) is 0 Å². The molecule has 2 spiro atoms. The van der Waals surface area contributed by atoms with Crippen LogP contribution in [-0.2, 0) is 4.74 Å². The van der Waals surface area contributed by atoms with Crippen molar-refractivity contribution in [3.8, 4) is 0 Å². The van der Waals surface area contributed by atoms with Gasteiger partial charge in [0.25, 0.3) is 0 Å². The van der Waals surface area contributed by atoms with Crippen LogP contribution in [0.5, 0.6) is 0 Å². The van der Waals surface area contributed by atoms with E-state index in [-0.39, 0.29) is 17.4 Å². The molecule has 0 radical (unpaired) electrons. The highest BCUT2D eigenvalue weighted by molar-refractivity contribution is 6.25. The van der Waals surface area contributed by atoms with Crippen LogP contribution >= 0.6 is 11.6 Å². The Morgan fingerprint density at radius 1 is 1.03 bits per heavy atom. The lowest BCUT2D eigenvalue weighted by Gasteiger charge is -2.65. The molecule has 2 aromatic rings. The molecule has 5 aliphatic rings. The zero-order chi connectivity index (χ0) is 25.1. The predicted octanol–water partition coefficient (Wildman–Crippen LogP) is 4.78. The van der Waals surface area contributed by atoms with Gasteiger partial charge in [-0.05, 0) is 93.1 Å². The molecule has 5 nitrogen and oxygen atoms in total. The Labute approximate surface area is 218 Å². The number of aromatic nitrogens is 1. The van der Waals surface area contributed by atoms with Crippen molar-refractivity contribution in [3.05, 3.63) is 48.3 Å². The van der Waals surface area contributed by atoms with E-state index in [9.17, 15) is 10.2 Å². The maximum atomic E-state index is 11.3. The predicted molar refractivity (Wildman–Crippen MR) is 142 cm³/mol. The smallest absolute Gasteiger partial charge is 0.0958 e. The van der Waals surface area contributed by atoms with Crippen LogP contribution in [0, 0.1) is 17.3 Å². The minimum absolute atomic E-state index is 0.0135. The molecular weight excluding hydrogens is 472 g/mol. The number of pyridine rings is 1. The molecule has 2 aliphatic heterocycles. The molecular formula is C30H37ClN2O3. The van der Waals surface area contributed by atoms with Crippen molar-refractivity contribution in [2.45, 2.75) is 86.2 Å². The summed E-state index contributed by atoms with van der Waals surface area (Å²) in [4.78, 5) is 5.88. The van der Waals surface area contributed by atoms with E-state index in [1.54, 1.807) is 0 Å². The number of rotatable bonds is 2. The zero-order valence-corrected chi connectivity index (χ0v) is 22.2. The van der Waals surface area contributed by atoms with Crippen LogP contribution in [0.15, 0.2) is 42.7 Å². The Hall–Kier alpha value is -1.50. The summed E-state index contributed by atoms with van der Waals surface area (Å²) in [6.45, 7) is 2.43. The SMILES string of the molecule is CN(C)[C@H]1C[C@@]23CC[C@]4(O2)C2CC=C(c5ccc6ccncc6c5)[C@@]2(C)CCC4(Cl)CC3[C@@H](O)[C@@H]1O. The van der Waals surface area contributed by atoms with Crippen LogP contribution in [0.25, 0.3) is 16.3 Å². The zero-order valence-electron chi connectivity index (χ0n) is 21.5. The van der Waals surface area contributed by atoms with Crippen LogP contribution < -0.4 is 0 Å². The molecule has 2 saturated carbocycles. The Morgan fingerprint density at radius 2 is 1.86 bits per heavy atom. The highest BCUT2D eigenvalue weighted by Crippen LogP contribution is 2.73. The summed E-state index contributed by atoms with van der Waals surface area (Å²) in [6.07, 6.45) is 10.8. The molecule has 3 aliphatic carbocycles. The minimum atomic E-state index is -0.811. The molecule has 7 rings (SSSR count). The number of hydrogen-bond donors (Lipinski definition) is 2. The van der Waals surface area contributed by atoms with Crippen molar-refractivity contribution in [3.63, 3.8) is 0 Å². The first-order valence-electron chi connectivity index (χ1n) is 13.6. The molecule has 3 heterocycles. The van der Waals surface area contributed by atoms with Gasteiger partial charge in [-0.2, -0.15) is 0 Å². The molecule has 0 amide bonds. The lowest BCUT2D eigenvalue weighted by atomic mass is 9.52. The molecule has 1 aromatic heterocycles. The molecule has 6 heteroatoms. The number of nitrogens with zero attached hydrogens (tertiary/aromatic N) is 2. The quantitative estimate of drug-likeness (QED) is 0.571. The third-order valence-corrected chi connectivity index (χ3v) is 11.8. The standard InChI is InChI=1S/C30H37ClN2O3/c1-27-9-11-29(31)15-22-25(34)26(35)23(33(2)3)16-28(22)10-12-30(29,36-28)24(27)7-6-21(27)19-5-4-18-8-13-32-17-20(18)14-19/h4-6,8,13-14,17,22-26,34-35H,7,9-12,15-16H2,1-3H3/t22?,23-,24?,25+,26+,27+,28+,29?,30-/m0/s1. The van der Waals surface area contributed by atoms with Crippen molar-refractivity contribution < 1.29 is 14.9 Å². The van der Waals surface area contributed by atoms with E-state index in [0.29, 0.717) is 5.92 Å². The minimum Gasteiger partial charge on any atom is -0.390 e. The van der Waals surface area contributed by atoms with E-state index in [1.165, 1.54) is 21.9 Å². The van der Waals surface area contributed by atoms with Crippen molar-refractivity contribution in [1.82, 2.24) is 9.88 Å². The second kappa shape index (κ2) is 7.54. The van der Waals surface area contributed by atoms with E-state index < -0.39 is 28.3 Å². The largest absolute Gasteiger partial charge is 0.390 e. The number of aliphatic hydroxyl groups is 2. The first kappa shape index (κ1) is 23.6. The number of hydrogen-bond acceptors (Lipinski definition) is 5. The number of ether oxygens (including phenoxy) is 1. The Bertz CT molecular complexity index is 1270. The highest BCUT2D eigenvalue weighted by atomic mass is 35.5. The first-order valence-corrected chi connectivity index (χ1v) is 14.0. The molecule has 3 unspecified atom stereocenters. The average Bonchev–Trinajstić information content (AvgIpc) is 3.39. The summed E-state index contributed by atoms with van der Waals surface area (Å²) in [5.74, 6) is 0.181. The molecule has 1 aromatic carbocycles. The van der Waals surface area contributed by atoms with Gasteiger partial charge < -0.3 is 19.8 Å². The van der Waals surface area contributed by atoms with Gasteiger partial charge in [-0.15, -0.1) is 11.6 Å². The highest BCUT2D eigenvalue weighted by Gasteiger charge is 2.76.